The molecular weight excluding hydrogens is 368 g/mol. The van der Waals surface area contributed by atoms with Crippen molar-refractivity contribution >= 4 is 15.9 Å². The maximum Gasteiger partial charge on any atom is 0.238 e. The zero-order chi connectivity index (χ0) is 19.9. The van der Waals surface area contributed by atoms with Crippen LogP contribution >= 0.6 is 0 Å². The van der Waals surface area contributed by atoms with Crippen LogP contribution in [0.4, 0.5) is 0 Å². The molecule has 27 heavy (non-hydrogen) atoms. The number of methoxy groups -OCH3 is 1. The van der Waals surface area contributed by atoms with Crippen LogP contribution in [0.25, 0.3) is 0 Å². The molecule has 0 N–H and O–H groups in total. The number of hydrogen-bond donors (Lipinski definition) is 0. The van der Waals surface area contributed by atoms with Crippen LogP contribution in [0.5, 0.6) is 0 Å². The molecule has 1 heterocycles. The van der Waals surface area contributed by atoms with E-state index in [4.69, 9.17) is 9.15 Å². The molecule has 148 valence electrons. The molecule has 0 aliphatic rings. The third-order valence-corrected chi connectivity index (χ3v) is 5.29. The van der Waals surface area contributed by atoms with Crippen molar-refractivity contribution in [2.75, 3.05) is 33.1 Å². The second kappa shape index (κ2) is 9.68. The Morgan fingerprint density at radius 2 is 1.81 bits per heavy atom. The van der Waals surface area contributed by atoms with Crippen LogP contribution in [0, 0.1) is 6.92 Å². The Morgan fingerprint density at radius 1 is 1.11 bits per heavy atom. The molecule has 0 atom stereocenters. The van der Waals surface area contributed by atoms with Crippen molar-refractivity contribution in [3.63, 3.8) is 0 Å². The van der Waals surface area contributed by atoms with Crippen LogP contribution in [0.2, 0.25) is 0 Å². The lowest BCUT2D eigenvalue weighted by molar-refractivity contribution is -0.133. The van der Waals surface area contributed by atoms with Gasteiger partial charge in [-0.25, -0.2) is 8.42 Å². The molecule has 8 heteroatoms. The number of amides is 1. The van der Waals surface area contributed by atoms with Gasteiger partial charge in [-0.15, -0.1) is 0 Å². The lowest BCUT2D eigenvalue weighted by Gasteiger charge is -2.26. The first-order chi connectivity index (χ1) is 12.8. The fourth-order valence-corrected chi connectivity index (χ4v) is 3.35. The molecule has 0 saturated heterocycles. The second-order valence-electron chi connectivity index (χ2n) is 6.34. The molecule has 2 aromatic rings. The Morgan fingerprint density at radius 3 is 2.37 bits per heavy atom. The van der Waals surface area contributed by atoms with E-state index in [2.05, 4.69) is 0 Å². The number of carbonyl (C=O) groups is 1. The standard InChI is InChI=1S/C19H26N2O5S/c1-16-9-10-18(26-16)14-20(13-17-7-5-4-6-8-17)19(22)15-21(11-12-25-2)27(3,23)24/h4-10H,11-15H2,1-3H3. The Bertz CT molecular complexity index is 833. The predicted octanol–water partition coefficient (Wildman–Crippen LogP) is 2.02. The van der Waals surface area contributed by atoms with Crippen LogP contribution in [0.15, 0.2) is 46.9 Å². The van der Waals surface area contributed by atoms with Gasteiger partial charge in [-0.3, -0.25) is 4.79 Å². The summed E-state index contributed by atoms with van der Waals surface area (Å²) in [6.07, 6.45) is 1.09. The average molecular weight is 394 g/mol. The van der Waals surface area contributed by atoms with Gasteiger partial charge in [0.15, 0.2) is 0 Å². The average Bonchev–Trinajstić information content (AvgIpc) is 3.02. The van der Waals surface area contributed by atoms with Crippen molar-refractivity contribution in [1.29, 1.82) is 0 Å². The Balaban J connectivity index is 2.18. The summed E-state index contributed by atoms with van der Waals surface area (Å²) in [5.74, 6) is 1.11. The highest BCUT2D eigenvalue weighted by atomic mass is 32.2. The Kier molecular flexibility index (Phi) is 7.58. The van der Waals surface area contributed by atoms with Gasteiger partial charge >= 0.3 is 0 Å². The molecule has 1 aromatic carbocycles. The molecule has 0 aliphatic carbocycles. The summed E-state index contributed by atoms with van der Waals surface area (Å²) in [6, 6.07) is 13.2. The summed E-state index contributed by atoms with van der Waals surface area (Å²) in [5, 5.41) is 0. The molecule has 0 radical (unpaired) electrons. The monoisotopic (exact) mass is 394 g/mol. The van der Waals surface area contributed by atoms with Crippen molar-refractivity contribution in [1.82, 2.24) is 9.21 Å². The third kappa shape index (κ3) is 6.82. The normalized spacial score (nSPS) is 11.7. The van der Waals surface area contributed by atoms with Crippen LogP contribution in [0.3, 0.4) is 0 Å². The number of hydrogen-bond acceptors (Lipinski definition) is 5. The highest BCUT2D eigenvalue weighted by Crippen LogP contribution is 2.14. The van der Waals surface area contributed by atoms with Gasteiger partial charge < -0.3 is 14.1 Å². The van der Waals surface area contributed by atoms with Crippen molar-refractivity contribution in [3.8, 4) is 0 Å². The lowest BCUT2D eigenvalue weighted by Crippen LogP contribution is -2.43. The first-order valence-corrected chi connectivity index (χ1v) is 10.5. The molecule has 0 bridgehead atoms. The zero-order valence-electron chi connectivity index (χ0n) is 15.9. The van der Waals surface area contributed by atoms with Crippen molar-refractivity contribution < 1.29 is 22.4 Å². The molecule has 0 aliphatic heterocycles. The van der Waals surface area contributed by atoms with Crippen molar-refractivity contribution in [2.24, 2.45) is 0 Å². The van der Waals surface area contributed by atoms with E-state index in [9.17, 15) is 13.2 Å². The maximum absolute atomic E-state index is 12.9. The number of aryl methyl sites for hydroxylation is 1. The fraction of sp³-hybridized carbons (Fsp3) is 0.421. The first kappa shape index (κ1) is 21.1. The minimum atomic E-state index is -3.52. The van der Waals surface area contributed by atoms with Crippen molar-refractivity contribution in [2.45, 2.75) is 20.0 Å². The maximum atomic E-state index is 12.9. The molecule has 0 spiro atoms. The topological polar surface area (TPSA) is 80.1 Å². The summed E-state index contributed by atoms with van der Waals surface area (Å²) in [4.78, 5) is 14.5. The van der Waals surface area contributed by atoms with E-state index < -0.39 is 10.0 Å². The van der Waals surface area contributed by atoms with E-state index in [0.717, 1.165) is 21.9 Å². The third-order valence-electron chi connectivity index (χ3n) is 4.04. The van der Waals surface area contributed by atoms with Gasteiger partial charge in [0.1, 0.15) is 11.5 Å². The zero-order valence-corrected chi connectivity index (χ0v) is 16.7. The number of benzene rings is 1. The molecule has 1 aromatic heterocycles. The molecule has 0 fully saturated rings. The SMILES string of the molecule is COCCN(CC(=O)N(Cc1ccccc1)Cc1ccc(C)o1)S(C)(=O)=O. The van der Waals surface area contributed by atoms with Crippen LogP contribution in [-0.4, -0.2) is 56.6 Å². The van der Waals surface area contributed by atoms with E-state index in [1.807, 2.05) is 49.4 Å². The quantitative estimate of drug-likeness (QED) is 0.616. The van der Waals surface area contributed by atoms with Gasteiger partial charge in [0.05, 0.1) is 26.0 Å². The highest BCUT2D eigenvalue weighted by Gasteiger charge is 2.24. The molecule has 7 nitrogen and oxygen atoms in total. The van der Waals surface area contributed by atoms with E-state index in [1.165, 1.54) is 7.11 Å². The van der Waals surface area contributed by atoms with Crippen LogP contribution in [-0.2, 0) is 32.6 Å². The summed E-state index contributed by atoms with van der Waals surface area (Å²) in [7, 11) is -2.04. The predicted molar refractivity (Wildman–Crippen MR) is 102 cm³/mol. The molecule has 0 unspecified atom stereocenters. The van der Waals surface area contributed by atoms with Gasteiger partial charge in [0.2, 0.25) is 15.9 Å². The van der Waals surface area contributed by atoms with E-state index in [0.29, 0.717) is 12.3 Å². The molecular formula is C19H26N2O5S. The summed E-state index contributed by atoms with van der Waals surface area (Å²) in [6.45, 7) is 2.57. The summed E-state index contributed by atoms with van der Waals surface area (Å²) < 4.78 is 35.7. The number of ether oxygens (including phenoxy) is 1. The molecule has 1 amide bonds. The van der Waals surface area contributed by atoms with Crippen LogP contribution in [0.1, 0.15) is 17.1 Å². The van der Waals surface area contributed by atoms with Gasteiger partial charge in [0, 0.05) is 20.2 Å². The smallest absolute Gasteiger partial charge is 0.238 e. The first-order valence-electron chi connectivity index (χ1n) is 8.60. The number of rotatable bonds is 10. The number of furan rings is 1. The number of carbonyl (C=O) groups excluding carboxylic acids is 1. The Labute approximate surface area is 160 Å². The fourth-order valence-electron chi connectivity index (χ4n) is 2.60. The number of nitrogens with zero attached hydrogens (tertiary/aromatic N) is 2. The van der Waals surface area contributed by atoms with Crippen LogP contribution < -0.4 is 0 Å². The second-order valence-corrected chi connectivity index (χ2v) is 8.32. The van der Waals surface area contributed by atoms with Gasteiger partial charge in [-0.2, -0.15) is 4.31 Å². The highest BCUT2D eigenvalue weighted by molar-refractivity contribution is 7.88. The minimum absolute atomic E-state index is 0.125. The number of sulfonamides is 1. The Hall–Kier alpha value is -2.16. The van der Waals surface area contributed by atoms with Gasteiger partial charge in [-0.1, -0.05) is 30.3 Å². The van der Waals surface area contributed by atoms with Crippen molar-refractivity contribution in [3.05, 3.63) is 59.5 Å². The van der Waals surface area contributed by atoms with Gasteiger partial charge in [-0.05, 0) is 24.6 Å². The molecule has 2 rings (SSSR count). The van der Waals surface area contributed by atoms with Gasteiger partial charge in [0.25, 0.3) is 0 Å². The van der Waals surface area contributed by atoms with E-state index in [-0.39, 0.29) is 32.1 Å². The lowest BCUT2D eigenvalue weighted by atomic mass is 10.2. The van der Waals surface area contributed by atoms with E-state index in [1.54, 1.807) is 4.90 Å². The largest absolute Gasteiger partial charge is 0.464 e. The minimum Gasteiger partial charge on any atom is -0.464 e. The summed E-state index contributed by atoms with van der Waals surface area (Å²) >= 11 is 0. The molecule has 0 saturated carbocycles. The van der Waals surface area contributed by atoms with E-state index >= 15 is 0 Å². The summed E-state index contributed by atoms with van der Waals surface area (Å²) in [5.41, 5.74) is 0.955.